The zero-order chi connectivity index (χ0) is 19.3. The fraction of sp³-hybridized carbons (Fsp3) is 0.111. The van der Waals surface area contributed by atoms with Crippen LogP contribution in [0.5, 0.6) is 0 Å². The number of fused-ring (bicyclic) bond motifs is 1. The van der Waals surface area contributed by atoms with E-state index in [2.05, 4.69) is 26.0 Å². The molecule has 0 fully saturated rings. The van der Waals surface area contributed by atoms with E-state index in [9.17, 15) is 8.42 Å². The van der Waals surface area contributed by atoms with Crippen molar-refractivity contribution in [2.45, 2.75) is 11.8 Å². The van der Waals surface area contributed by atoms with Crippen LogP contribution in [0.1, 0.15) is 5.56 Å². The van der Waals surface area contributed by atoms with Gasteiger partial charge in [-0.25, -0.2) is 17.4 Å². The van der Waals surface area contributed by atoms with Crippen molar-refractivity contribution < 1.29 is 8.42 Å². The third-order valence-corrected chi connectivity index (χ3v) is 7.33. The second-order valence-electron chi connectivity index (χ2n) is 6.17. The van der Waals surface area contributed by atoms with Crippen molar-refractivity contribution in [3.63, 3.8) is 0 Å². The largest absolute Gasteiger partial charge is 0.275 e. The molecule has 0 saturated carbocycles. The van der Waals surface area contributed by atoms with E-state index >= 15 is 0 Å². The monoisotopic (exact) mass is 464 g/mol. The van der Waals surface area contributed by atoms with Crippen molar-refractivity contribution in [3.05, 3.63) is 64.0 Å². The number of nitrogens with zero attached hydrogens (tertiary/aromatic N) is 4. The predicted octanol–water partition coefficient (Wildman–Crippen LogP) is 4.40. The molecule has 27 heavy (non-hydrogen) atoms. The van der Waals surface area contributed by atoms with Gasteiger partial charge in [0.05, 0.1) is 21.8 Å². The molecule has 0 spiro atoms. The summed E-state index contributed by atoms with van der Waals surface area (Å²) >= 11 is 9.60. The van der Waals surface area contributed by atoms with Crippen LogP contribution >= 0.6 is 27.5 Å². The van der Waals surface area contributed by atoms with Crippen LogP contribution in [0, 0.1) is 6.92 Å². The average molecular weight is 466 g/mol. The number of hydrogen-bond acceptors (Lipinski definition) is 4. The summed E-state index contributed by atoms with van der Waals surface area (Å²) in [5.41, 5.74) is 2.40. The zero-order valence-electron chi connectivity index (χ0n) is 14.4. The maximum Gasteiger partial charge on any atom is 0.269 e. The summed E-state index contributed by atoms with van der Waals surface area (Å²) in [4.78, 5) is 4.48. The molecule has 0 amide bonds. The summed E-state index contributed by atoms with van der Waals surface area (Å²) in [6.07, 6.45) is 4.80. The van der Waals surface area contributed by atoms with Crippen molar-refractivity contribution in [1.82, 2.24) is 18.7 Å². The van der Waals surface area contributed by atoms with E-state index in [0.717, 1.165) is 5.56 Å². The first-order valence-corrected chi connectivity index (χ1v) is 10.6. The van der Waals surface area contributed by atoms with Gasteiger partial charge in [0.1, 0.15) is 0 Å². The molecule has 0 N–H and O–H groups in total. The van der Waals surface area contributed by atoms with Crippen LogP contribution in [0.4, 0.5) is 0 Å². The van der Waals surface area contributed by atoms with Crippen molar-refractivity contribution in [2.24, 2.45) is 7.05 Å². The third-order valence-electron chi connectivity index (χ3n) is 4.24. The lowest BCUT2D eigenvalue weighted by Crippen LogP contribution is -2.14. The smallest absolute Gasteiger partial charge is 0.269 e. The quantitative estimate of drug-likeness (QED) is 0.450. The number of aromatic nitrogens is 4. The van der Waals surface area contributed by atoms with Crippen LogP contribution in [0.2, 0.25) is 5.02 Å². The van der Waals surface area contributed by atoms with E-state index in [1.807, 2.05) is 6.92 Å². The number of hydrogen-bond donors (Lipinski definition) is 0. The lowest BCUT2D eigenvalue weighted by Gasteiger charge is -2.11. The van der Waals surface area contributed by atoms with Gasteiger partial charge in [-0.05, 0) is 41.1 Å². The van der Waals surface area contributed by atoms with Gasteiger partial charge in [-0.2, -0.15) is 5.10 Å². The van der Waals surface area contributed by atoms with Crippen molar-refractivity contribution in [2.75, 3.05) is 0 Å². The van der Waals surface area contributed by atoms with E-state index < -0.39 is 10.0 Å². The second kappa shape index (κ2) is 6.47. The van der Waals surface area contributed by atoms with E-state index in [1.165, 1.54) is 10.2 Å². The van der Waals surface area contributed by atoms with Gasteiger partial charge in [0, 0.05) is 34.9 Å². The molecule has 138 valence electrons. The molecule has 9 heteroatoms. The molecule has 0 radical (unpaired) electrons. The van der Waals surface area contributed by atoms with Crippen LogP contribution in [0.15, 0.2) is 58.3 Å². The lowest BCUT2D eigenvalue weighted by atomic mass is 10.2. The number of halogens is 2. The van der Waals surface area contributed by atoms with Gasteiger partial charge in [0.15, 0.2) is 5.65 Å². The van der Waals surface area contributed by atoms with Gasteiger partial charge in [-0.15, -0.1) is 0 Å². The van der Waals surface area contributed by atoms with Crippen molar-refractivity contribution in [1.29, 1.82) is 0 Å². The van der Waals surface area contributed by atoms with Gasteiger partial charge in [0.2, 0.25) is 0 Å². The first-order chi connectivity index (χ1) is 12.8. The van der Waals surface area contributed by atoms with E-state index in [1.54, 1.807) is 54.5 Å². The van der Waals surface area contributed by atoms with E-state index in [4.69, 9.17) is 11.6 Å². The first kappa shape index (κ1) is 18.2. The molecule has 1 aromatic carbocycles. The van der Waals surface area contributed by atoms with Gasteiger partial charge in [-0.3, -0.25) is 4.68 Å². The molecule has 0 atom stereocenters. The molecule has 3 heterocycles. The molecule has 0 saturated heterocycles. The fourth-order valence-electron chi connectivity index (χ4n) is 2.88. The van der Waals surface area contributed by atoms with Gasteiger partial charge < -0.3 is 0 Å². The van der Waals surface area contributed by atoms with Crippen LogP contribution in [-0.2, 0) is 17.1 Å². The predicted molar refractivity (Wildman–Crippen MR) is 108 cm³/mol. The third kappa shape index (κ3) is 2.97. The summed E-state index contributed by atoms with van der Waals surface area (Å²) in [6, 6.07) is 8.47. The number of aryl methyl sites for hydroxylation is 2. The summed E-state index contributed by atoms with van der Waals surface area (Å²) < 4.78 is 30.4. The Labute approximate surface area is 169 Å². The normalized spacial score (nSPS) is 12.0. The summed E-state index contributed by atoms with van der Waals surface area (Å²) in [7, 11) is -2.11. The Balaban J connectivity index is 2.09. The molecule has 0 unspecified atom stereocenters. The highest BCUT2D eigenvalue weighted by Crippen LogP contribution is 2.37. The molecule has 0 bridgehead atoms. The van der Waals surface area contributed by atoms with Gasteiger partial charge in [-0.1, -0.05) is 29.3 Å². The Kier molecular flexibility index (Phi) is 4.37. The number of rotatable bonds is 3. The highest BCUT2D eigenvalue weighted by molar-refractivity contribution is 9.10. The lowest BCUT2D eigenvalue weighted by molar-refractivity contribution is 0.589. The maximum atomic E-state index is 13.5. The number of pyridine rings is 1. The Morgan fingerprint density at radius 2 is 1.85 bits per heavy atom. The van der Waals surface area contributed by atoms with E-state index in [0.29, 0.717) is 31.8 Å². The Hall–Kier alpha value is -2.16. The second-order valence-corrected chi connectivity index (χ2v) is 9.16. The first-order valence-electron chi connectivity index (χ1n) is 7.96. The molecule has 0 aliphatic carbocycles. The standard InChI is InChI=1S/C18H14BrClN4O2S/c1-11-3-5-13(6-4-11)27(25,26)24-16(12-8-22-23(2)10-12)7-14-17(19)15(20)9-21-18(14)24/h3-10H,1-2H3. The number of benzene rings is 1. The Morgan fingerprint density at radius 3 is 2.48 bits per heavy atom. The van der Waals surface area contributed by atoms with Crippen LogP contribution in [0.3, 0.4) is 0 Å². The minimum Gasteiger partial charge on any atom is -0.275 e. The summed E-state index contributed by atoms with van der Waals surface area (Å²) in [6.45, 7) is 1.91. The maximum absolute atomic E-state index is 13.5. The molecular formula is C18H14BrClN4O2S. The highest BCUT2D eigenvalue weighted by atomic mass is 79.9. The molecule has 4 aromatic rings. The molecule has 0 aliphatic heterocycles. The molecule has 0 aliphatic rings. The Bertz CT molecular complexity index is 1280. The summed E-state index contributed by atoms with van der Waals surface area (Å²) in [5, 5.41) is 5.18. The zero-order valence-corrected chi connectivity index (χ0v) is 17.5. The van der Waals surface area contributed by atoms with E-state index in [-0.39, 0.29) is 4.90 Å². The van der Waals surface area contributed by atoms with Crippen molar-refractivity contribution in [3.8, 4) is 11.3 Å². The molecule has 4 rings (SSSR count). The SMILES string of the molecule is Cc1ccc(S(=O)(=O)n2c(-c3cnn(C)c3)cc3c(Br)c(Cl)cnc32)cc1. The highest BCUT2D eigenvalue weighted by Gasteiger charge is 2.26. The van der Waals surface area contributed by atoms with Gasteiger partial charge >= 0.3 is 0 Å². The summed E-state index contributed by atoms with van der Waals surface area (Å²) in [5.74, 6) is 0. The fourth-order valence-corrected chi connectivity index (χ4v) is 4.91. The molecular weight excluding hydrogens is 452 g/mol. The minimum absolute atomic E-state index is 0.184. The van der Waals surface area contributed by atoms with Crippen LogP contribution in [-0.4, -0.2) is 27.2 Å². The molecule has 6 nitrogen and oxygen atoms in total. The van der Waals surface area contributed by atoms with Crippen LogP contribution in [0.25, 0.3) is 22.3 Å². The topological polar surface area (TPSA) is 69.8 Å². The minimum atomic E-state index is -3.88. The average Bonchev–Trinajstić information content (AvgIpc) is 3.22. The van der Waals surface area contributed by atoms with Crippen molar-refractivity contribution >= 4 is 48.6 Å². The molecule has 3 aromatic heterocycles. The van der Waals surface area contributed by atoms with Crippen LogP contribution < -0.4 is 0 Å². The Morgan fingerprint density at radius 1 is 1.15 bits per heavy atom. The van der Waals surface area contributed by atoms with Gasteiger partial charge in [0.25, 0.3) is 10.0 Å².